The van der Waals surface area contributed by atoms with E-state index >= 15 is 0 Å². The molecular formula is C12H12N4O. The van der Waals surface area contributed by atoms with E-state index in [0.29, 0.717) is 17.1 Å². The summed E-state index contributed by atoms with van der Waals surface area (Å²) in [6.45, 7) is 0. The zero-order valence-electron chi connectivity index (χ0n) is 9.05. The summed E-state index contributed by atoms with van der Waals surface area (Å²) in [5.41, 5.74) is 12.7. The van der Waals surface area contributed by atoms with Crippen LogP contribution >= 0.6 is 0 Å². The van der Waals surface area contributed by atoms with Crippen LogP contribution in [-0.4, -0.2) is 10.9 Å². The van der Waals surface area contributed by atoms with Crippen molar-refractivity contribution >= 4 is 23.1 Å². The average Bonchev–Trinajstić information content (AvgIpc) is 2.32. The summed E-state index contributed by atoms with van der Waals surface area (Å²) >= 11 is 0. The molecule has 0 saturated heterocycles. The van der Waals surface area contributed by atoms with Crippen LogP contribution in [0.3, 0.4) is 0 Å². The maximum absolute atomic E-state index is 11.2. The van der Waals surface area contributed by atoms with Gasteiger partial charge in [0.15, 0.2) is 0 Å². The summed E-state index contributed by atoms with van der Waals surface area (Å²) in [5, 5.41) is 3.01. The van der Waals surface area contributed by atoms with Crippen molar-refractivity contribution in [1.82, 2.24) is 4.98 Å². The van der Waals surface area contributed by atoms with E-state index in [1.54, 1.807) is 42.6 Å². The van der Waals surface area contributed by atoms with Crippen LogP contribution in [0.1, 0.15) is 10.4 Å². The van der Waals surface area contributed by atoms with Gasteiger partial charge >= 0.3 is 0 Å². The third kappa shape index (κ3) is 2.52. The molecule has 86 valence electrons. The highest BCUT2D eigenvalue weighted by Crippen LogP contribution is 2.18. The topological polar surface area (TPSA) is 94.0 Å². The number of nitrogen functional groups attached to an aromatic ring is 1. The van der Waals surface area contributed by atoms with Crippen LogP contribution < -0.4 is 16.8 Å². The number of carbonyl (C=O) groups excluding carboxylic acids is 1. The van der Waals surface area contributed by atoms with E-state index in [0.717, 1.165) is 5.69 Å². The van der Waals surface area contributed by atoms with E-state index in [1.165, 1.54) is 0 Å². The van der Waals surface area contributed by atoms with Crippen molar-refractivity contribution in [3.63, 3.8) is 0 Å². The highest BCUT2D eigenvalue weighted by molar-refractivity contribution is 5.98. The zero-order chi connectivity index (χ0) is 12.3. The number of carbonyl (C=O) groups is 1. The molecule has 1 heterocycles. The first-order valence-electron chi connectivity index (χ1n) is 5.04. The van der Waals surface area contributed by atoms with Crippen molar-refractivity contribution in [2.75, 3.05) is 11.1 Å². The average molecular weight is 228 g/mol. The molecule has 0 fully saturated rings. The Balaban J connectivity index is 2.30. The van der Waals surface area contributed by atoms with Crippen molar-refractivity contribution in [3.05, 3.63) is 48.2 Å². The third-order valence-electron chi connectivity index (χ3n) is 2.25. The number of pyridine rings is 1. The Hall–Kier alpha value is -2.56. The second-order valence-corrected chi connectivity index (χ2v) is 3.51. The minimum absolute atomic E-state index is 0.351. The van der Waals surface area contributed by atoms with Gasteiger partial charge in [-0.2, -0.15) is 0 Å². The van der Waals surface area contributed by atoms with Crippen LogP contribution in [0, 0.1) is 0 Å². The number of rotatable bonds is 3. The lowest BCUT2D eigenvalue weighted by molar-refractivity contribution is 0.100. The number of nitrogens with zero attached hydrogens (tertiary/aromatic N) is 1. The Morgan fingerprint density at radius 1 is 1.18 bits per heavy atom. The standard InChI is InChI=1S/C12H12N4O/c13-8-3-5-9(6-4-8)16-12-10(11(14)17)2-1-7-15-12/h1-7H,13H2,(H2,14,17)(H,15,16). The van der Waals surface area contributed by atoms with E-state index in [2.05, 4.69) is 10.3 Å². The number of aromatic nitrogens is 1. The Bertz CT molecular complexity index is 536. The summed E-state index contributed by atoms with van der Waals surface area (Å²) in [5.74, 6) is -0.0826. The van der Waals surface area contributed by atoms with Gasteiger partial charge in [-0.1, -0.05) is 0 Å². The minimum atomic E-state index is -0.518. The van der Waals surface area contributed by atoms with Crippen molar-refractivity contribution in [2.24, 2.45) is 5.73 Å². The van der Waals surface area contributed by atoms with Crippen LogP contribution in [0.5, 0.6) is 0 Å². The molecule has 2 rings (SSSR count). The van der Waals surface area contributed by atoms with Gasteiger partial charge in [0.05, 0.1) is 5.56 Å². The van der Waals surface area contributed by atoms with Gasteiger partial charge in [0.1, 0.15) is 5.82 Å². The van der Waals surface area contributed by atoms with Crippen LogP contribution in [0.2, 0.25) is 0 Å². The van der Waals surface area contributed by atoms with Gasteiger partial charge in [-0.15, -0.1) is 0 Å². The predicted octanol–water partition coefficient (Wildman–Crippen LogP) is 1.51. The van der Waals surface area contributed by atoms with Gasteiger partial charge in [-0.3, -0.25) is 4.79 Å². The van der Waals surface area contributed by atoms with E-state index in [1.807, 2.05) is 0 Å². The van der Waals surface area contributed by atoms with E-state index in [4.69, 9.17) is 11.5 Å². The number of hydrogen-bond donors (Lipinski definition) is 3. The molecule has 5 N–H and O–H groups in total. The molecule has 1 aromatic carbocycles. The van der Waals surface area contributed by atoms with Gasteiger partial charge in [0, 0.05) is 17.6 Å². The van der Waals surface area contributed by atoms with Gasteiger partial charge in [-0.05, 0) is 36.4 Å². The van der Waals surface area contributed by atoms with E-state index < -0.39 is 5.91 Å². The molecule has 0 unspecified atom stereocenters. The van der Waals surface area contributed by atoms with Crippen molar-refractivity contribution in [1.29, 1.82) is 0 Å². The van der Waals surface area contributed by atoms with E-state index in [9.17, 15) is 4.79 Å². The fraction of sp³-hybridized carbons (Fsp3) is 0. The zero-order valence-corrected chi connectivity index (χ0v) is 9.05. The summed E-state index contributed by atoms with van der Waals surface area (Å²) in [7, 11) is 0. The predicted molar refractivity (Wildman–Crippen MR) is 66.9 cm³/mol. The van der Waals surface area contributed by atoms with Gasteiger partial charge in [0.2, 0.25) is 0 Å². The van der Waals surface area contributed by atoms with Gasteiger partial charge < -0.3 is 16.8 Å². The first kappa shape index (κ1) is 10.9. The normalized spacial score (nSPS) is 9.88. The summed E-state index contributed by atoms with van der Waals surface area (Å²) in [4.78, 5) is 15.3. The highest BCUT2D eigenvalue weighted by atomic mass is 16.1. The molecule has 0 atom stereocenters. The first-order valence-corrected chi connectivity index (χ1v) is 5.04. The Morgan fingerprint density at radius 3 is 2.53 bits per heavy atom. The fourth-order valence-corrected chi connectivity index (χ4v) is 1.41. The van der Waals surface area contributed by atoms with Crippen molar-refractivity contribution in [3.8, 4) is 0 Å². The second kappa shape index (κ2) is 4.52. The van der Waals surface area contributed by atoms with Crippen LogP contribution in [-0.2, 0) is 0 Å². The first-order chi connectivity index (χ1) is 8.16. The Labute approximate surface area is 98.5 Å². The fourth-order valence-electron chi connectivity index (χ4n) is 1.41. The number of amides is 1. The number of hydrogen-bond acceptors (Lipinski definition) is 4. The number of nitrogens with one attached hydrogen (secondary N) is 1. The molecule has 2 aromatic rings. The molecule has 0 aliphatic carbocycles. The quantitative estimate of drug-likeness (QED) is 0.694. The SMILES string of the molecule is NC(=O)c1cccnc1Nc1ccc(N)cc1. The molecule has 0 aliphatic heterocycles. The number of benzene rings is 1. The van der Waals surface area contributed by atoms with E-state index in [-0.39, 0.29) is 0 Å². The molecule has 0 aliphatic rings. The number of nitrogens with two attached hydrogens (primary N) is 2. The van der Waals surface area contributed by atoms with Crippen molar-refractivity contribution in [2.45, 2.75) is 0 Å². The largest absolute Gasteiger partial charge is 0.399 e. The molecule has 0 spiro atoms. The minimum Gasteiger partial charge on any atom is -0.399 e. The molecule has 5 heteroatoms. The highest BCUT2D eigenvalue weighted by Gasteiger charge is 2.08. The molecule has 1 aromatic heterocycles. The lowest BCUT2D eigenvalue weighted by Crippen LogP contribution is -2.14. The summed E-state index contributed by atoms with van der Waals surface area (Å²) in [6.07, 6.45) is 1.59. The Kier molecular flexibility index (Phi) is 2.91. The van der Waals surface area contributed by atoms with Crippen LogP contribution in [0.15, 0.2) is 42.6 Å². The number of anilines is 3. The van der Waals surface area contributed by atoms with Crippen LogP contribution in [0.25, 0.3) is 0 Å². The Morgan fingerprint density at radius 2 is 1.88 bits per heavy atom. The van der Waals surface area contributed by atoms with Crippen LogP contribution in [0.4, 0.5) is 17.2 Å². The molecule has 17 heavy (non-hydrogen) atoms. The summed E-state index contributed by atoms with van der Waals surface area (Å²) < 4.78 is 0. The molecular weight excluding hydrogens is 216 g/mol. The summed E-state index contributed by atoms with van der Waals surface area (Å²) in [6, 6.07) is 10.4. The molecule has 5 nitrogen and oxygen atoms in total. The van der Waals surface area contributed by atoms with Crippen molar-refractivity contribution < 1.29 is 4.79 Å². The lowest BCUT2D eigenvalue weighted by Gasteiger charge is -2.08. The molecule has 0 radical (unpaired) electrons. The smallest absolute Gasteiger partial charge is 0.252 e. The van der Waals surface area contributed by atoms with Gasteiger partial charge in [0.25, 0.3) is 5.91 Å². The molecule has 0 saturated carbocycles. The lowest BCUT2D eigenvalue weighted by atomic mass is 10.2. The molecule has 0 bridgehead atoms. The maximum atomic E-state index is 11.2. The van der Waals surface area contributed by atoms with Gasteiger partial charge in [-0.25, -0.2) is 4.98 Å². The monoisotopic (exact) mass is 228 g/mol. The third-order valence-corrected chi connectivity index (χ3v) is 2.25. The number of primary amides is 1. The maximum Gasteiger partial charge on any atom is 0.252 e. The molecule has 1 amide bonds. The second-order valence-electron chi connectivity index (χ2n) is 3.51.